The van der Waals surface area contributed by atoms with Crippen LogP contribution in [-0.2, 0) is 4.79 Å². The number of hydrogen-bond acceptors (Lipinski definition) is 4. The number of fused-ring (bicyclic) bond motifs is 1. The van der Waals surface area contributed by atoms with Gasteiger partial charge in [0, 0.05) is 25.6 Å². The number of rotatable bonds is 4. The number of hydrogen-bond donors (Lipinski definition) is 1. The van der Waals surface area contributed by atoms with Crippen LogP contribution < -0.4 is 5.32 Å². The molecule has 5 nitrogen and oxygen atoms in total. The van der Waals surface area contributed by atoms with Gasteiger partial charge in [0.15, 0.2) is 5.13 Å². The van der Waals surface area contributed by atoms with Crippen LogP contribution in [0.2, 0.25) is 0 Å². The van der Waals surface area contributed by atoms with Gasteiger partial charge in [0.2, 0.25) is 5.91 Å². The molecule has 1 fully saturated rings. The van der Waals surface area contributed by atoms with Crippen molar-refractivity contribution in [2.24, 2.45) is 11.8 Å². The number of nitrogens with zero attached hydrogens (tertiary/aromatic N) is 2. The van der Waals surface area contributed by atoms with Gasteiger partial charge in [-0.15, -0.1) is 0 Å². The first kappa shape index (κ1) is 17.9. The molecule has 1 aromatic carbocycles. The molecule has 2 aromatic rings. The first-order valence-electron chi connectivity index (χ1n) is 8.91. The Hall–Kier alpha value is -1.95. The highest BCUT2D eigenvalue weighted by Gasteiger charge is 2.26. The fourth-order valence-electron chi connectivity index (χ4n) is 3.41. The van der Waals surface area contributed by atoms with E-state index in [9.17, 15) is 9.59 Å². The van der Waals surface area contributed by atoms with E-state index in [0.717, 1.165) is 41.8 Å². The van der Waals surface area contributed by atoms with Crippen LogP contribution in [0.5, 0.6) is 0 Å². The summed E-state index contributed by atoms with van der Waals surface area (Å²) in [6, 6.07) is 5.46. The largest absolute Gasteiger partial charge is 0.345 e. The zero-order chi connectivity index (χ0) is 18.0. The topological polar surface area (TPSA) is 62.3 Å². The van der Waals surface area contributed by atoms with E-state index in [1.54, 1.807) is 25.1 Å². The Morgan fingerprint density at radius 2 is 1.96 bits per heavy atom. The molecule has 0 unspecified atom stereocenters. The number of benzene rings is 1. The van der Waals surface area contributed by atoms with E-state index < -0.39 is 0 Å². The van der Waals surface area contributed by atoms with Crippen LogP contribution in [0.1, 0.15) is 49.4 Å². The molecule has 1 N–H and O–H groups in total. The van der Waals surface area contributed by atoms with Crippen LogP contribution in [0.25, 0.3) is 10.2 Å². The van der Waals surface area contributed by atoms with E-state index >= 15 is 0 Å². The minimum atomic E-state index is -0.0337. The van der Waals surface area contributed by atoms with Gasteiger partial charge in [0.25, 0.3) is 5.91 Å². The molecule has 25 heavy (non-hydrogen) atoms. The smallest absolute Gasteiger partial charge is 0.253 e. The molecule has 6 heteroatoms. The summed E-state index contributed by atoms with van der Waals surface area (Å²) < 4.78 is 0.915. The molecule has 1 aromatic heterocycles. The maximum Gasteiger partial charge on any atom is 0.253 e. The summed E-state index contributed by atoms with van der Waals surface area (Å²) in [6.45, 7) is 2.22. The molecule has 134 valence electrons. The van der Waals surface area contributed by atoms with Crippen LogP contribution in [0.3, 0.4) is 0 Å². The van der Waals surface area contributed by atoms with E-state index in [2.05, 4.69) is 17.2 Å². The molecule has 0 saturated heterocycles. The highest BCUT2D eigenvalue weighted by molar-refractivity contribution is 7.22. The average molecular weight is 359 g/mol. The normalized spacial score (nSPS) is 20.4. The van der Waals surface area contributed by atoms with Gasteiger partial charge < -0.3 is 10.2 Å². The minimum Gasteiger partial charge on any atom is -0.345 e. The molecule has 0 bridgehead atoms. The van der Waals surface area contributed by atoms with Crippen molar-refractivity contribution in [3.8, 4) is 0 Å². The van der Waals surface area contributed by atoms with E-state index in [1.165, 1.54) is 17.8 Å². The Morgan fingerprint density at radius 1 is 1.24 bits per heavy atom. The Bertz CT molecular complexity index is 776. The molecule has 1 aliphatic carbocycles. The molecular weight excluding hydrogens is 334 g/mol. The lowest BCUT2D eigenvalue weighted by Gasteiger charge is -2.26. The lowest BCUT2D eigenvalue weighted by molar-refractivity contribution is -0.121. The zero-order valence-electron chi connectivity index (χ0n) is 15.0. The SMILES string of the molecule is CCC1CCC(C(=O)Nc2nc3ccc(C(=O)N(C)C)cc3s2)CC1. The van der Waals surface area contributed by atoms with Crippen LogP contribution in [0, 0.1) is 11.8 Å². The van der Waals surface area contributed by atoms with Crippen molar-refractivity contribution in [1.82, 2.24) is 9.88 Å². The molecule has 0 radical (unpaired) electrons. The van der Waals surface area contributed by atoms with Gasteiger partial charge in [-0.3, -0.25) is 9.59 Å². The zero-order valence-corrected chi connectivity index (χ0v) is 15.9. The van der Waals surface area contributed by atoms with E-state index in [1.807, 2.05) is 12.1 Å². The van der Waals surface area contributed by atoms with Crippen molar-refractivity contribution in [3.05, 3.63) is 23.8 Å². The van der Waals surface area contributed by atoms with Gasteiger partial charge >= 0.3 is 0 Å². The molecule has 1 heterocycles. The Balaban J connectivity index is 1.69. The standard InChI is InChI=1S/C19H25N3O2S/c1-4-12-5-7-13(8-6-12)17(23)21-19-20-15-10-9-14(11-16(15)25-19)18(24)22(2)3/h9-13H,4-8H2,1-3H3,(H,20,21,23). The molecule has 1 aliphatic rings. The highest BCUT2D eigenvalue weighted by Crippen LogP contribution is 2.32. The number of aromatic nitrogens is 1. The maximum absolute atomic E-state index is 12.5. The predicted molar refractivity (Wildman–Crippen MR) is 102 cm³/mol. The molecular formula is C19H25N3O2S. The molecule has 1 saturated carbocycles. The number of carbonyl (C=O) groups is 2. The number of amides is 2. The fraction of sp³-hybridized carbons (Fsp3) is 0.526. The summed E-state index contributed by atoms with van der Waals surface area (Å²) in [4.78, 5) is 30.6. The van der Waals surface area contributed by atoms with Crippen molar-refractivity contribution in [2.45, 2.75) is 39.0 Å². The lowest BCUT2D eigenvalue weighted by atomic mass is 9.80. The molecule has 0 atom stereocenters. The number of anilines is 1. The highest BCUT2D eigenvalue weighted by atomic mass is 32.1. The predicted octanol–water partition coefficient (Wildman–Crippen LogP) is 4.15. The van der Waals surface area contributed by atoms with Gasteiger partial charge in [-0.05, 0) is 49.8 Å². The van der Waals surface area contributed by atoms with Crippen molar-refractivity contribution in [2.75, 3.05) is 19.4 Å². The monoisotopic (exact) mass is 359 g/mol. The van der Waals surface area contributed by atoms with Gasteiger partial charge in [0.05, 0.1) is 10.2 Å². The van der Waals surface area contributed by atoms with Crippen molar-refractivity contribution < 1.29 is 9.59 Å². The summed E-state index contributed by atoms with van der Waals surface area (Å²) >= 11 is 1.42. The van der Waals surface area contributed by atoms with Gasteiger partial charge in [-0.25, -0.2) is 4.98 Å². The lowest BCUT2D eigenvalue weighted by Crippen LogP contribution is -2.27. The summed E-state index contributed by atoms with van der Waals surface area (Å²) in [5.74, 6) is 0.923. The van der Waals surface area contributed by atoms with E-state index in [-0.39, 0.29) is 17.7 Å². The third-order valence-corrected chi connectivity index (χ3v) is 6.00. The van der Waals surface area contributed by atoms with E-state index in [4.69, 9.17) is 0 Å². The second-order valence-corrected chi connectivity index (χ2v) is 8.05. The first-order valence-corrected chi connectivity index (χ1v) is 9.72. The van der Waals surface area contributed by atoms with Gasteiger partial charge in [-0.1, -0.05) is 24.7 Å². The Morgan fingerprint density at radius 3 is 2.60 bits per heavy atom. The molecule has 0 aliphatic heterocycles. The quantitative estimate of drug-likeness (QED) is 0.892. The Kier molecular flexibility index (Phi) is 5.37. The van der Waals surface area contributed by atoms with Crippen LogP contribution in [0.4, 0.5) is 5.13 Å². The third kappa shape index (κ3) is 4.00. The summed E-state index contributed by atoms with van der Waals surface area (Å²) in [7, 11) is 3.47. The number of nitrogens with one attached hydrogen (secondary N) is 1. The van der Waals surface area contributed by atoms with Crippen molar-refractivity contribution >= 4 is 38.5 Å². The van der Waals surface area contributed by atoms with Crippen molar-refractivity contribution in [3.63, 3.8) is 0 Å². The Labute approximate surface area is 152 Å². The molecule has 3 rings (SSSR count). The van der Waals surface area contributed by atoms with Gasteiger partial charge in [0.1, 0.15) is 0 Å². The summed E-state index contributed by atoms with van der Waals surface area (Å²) in [5.41, 5.74) is 1.45. The second-order valence-electron chi connectivity index (χ2n) is 7.02. The van der Waals surface area contributed by atoms with Gasteiger partial charge in [-0.2, -0.15) is 0 Å². The van der Waals surface area contributed by atoms with Crippen molar-refractivity contribution in [1.29, 1.82) is 0 Å². The van der Waals surface area contributed by atoms with E-state index in [0.29, 0.717) is 10.7 Å². The number of thiazole rings is 1. The third-order valence-electron chi connectivity index (χ3n) is 5.07. The van der Waals surface area contributed by atoms with Crippen LogP contribution >= 0.6 is 11.3 Å². The fourth-order valence-corrected chi connectivity index (χ4v) is 4.32. The minimum absolute atomic E-state index is 0.0337. The summed E-state index contributed by atoms with van der Waals surface area (Å²) in [5, 5.41) is 3.60. The number of carbonyl (C=O) groups excluding carboxylic acids is 2. The first-order chi connectivity index (χ1) is 12.0. The molecule has 2 amide bonds. The average Bonchev–Trinajstić information content (AvgIpc) is 3.02. The second kappa shape index (κ2) is 7.52. The summed E-state index contributed by atoms with van der Waals surface area (Å²) in [6.07, 6.45) is 5.43. The molecule has 0 spiro atoms. The van der Waals surface area contributed by atoms with Crippen LogP contribution in [0.15, 0.2) is 18.2 Å². The van der Waals surface area contributed by atoms with Crippen LogP contribution in [-0.4, -0.2) is 35.8 Å². The maximum atomic E-state index is 12.5.